The number of nitrogens with zero attached hydrogens (tertiary/aromatic N) is 1. The minimum Gasteiger partial charge on any atom is -0.398 e. The molecule has 2 nitrogen and oxygen atoms in total. The Morgan fingerprint density at radius 1 is 1.19 bits per heavy atom. The Morgan fingerprint density at radius 3 is 2.38 bits per heavy atom. The third kappa shape index (κ3) is 2.01. The first-order valence-electron chi connectivity index (χ1n) is 6.23. The van der Waals surface area contributed by atoms with E-state index in [-0.39, 0.29) is 0 Å². The highest BCUT2D eigenvalue weighted by Gasteiger charge is 2.19. The molecule has 2 N–H and O–H groups in total. The Labute approximate surface area is 98.4 Å². The maximum Gasteiger partial charge on any atom is 0.0375 e. The number of benzene rings is 1. The molecule has 0 radical (unpaired) electrons. The zero-order chi connectivity index (χ0) is 11.7. The second kappa shape index (κ2) is 4.36. The van der Waals surface area contributed by atoms with Crippen molar-refractivity contribution in [3.63, 3.8) is 0 Å². The lowest BCUT2D eigenvalue weighted by atomic mass is 10.0. The topological polar surface area (TPSA) is 29.3 Å². The van der Waals surface area contributed by atoms with Crippen molar-refractivity contribution in [2.45, 2.75) is 46.1 Å². The van der Waals surface area contributed by atoms with E-state index in [0.29, 0.717) is 6.04 Å². The highest BCUT2D eigenvalue weighted by molar-refractivity contribution is 5.63. The summed E-state index contributed by atoms with van der Waals surface area (Å²) in [5.74, 6) is 0. The van der Waals surface area contributed by atoms with Crippen LogP contribution in [0.5, 0.6) is 0 Å². The Bertz CT molecular complexity index is 361. The zero-order valence-electron chi connectivity index (χ0n) is 10.6. The summed E-state index contributed by atoms with van der Waals surface area (Å²) in [5, 5.41) is 0. The molecule has 1 heterocycles. The van der Waals surface area contributed by atoms with Gasteiger partial charge in [-0.05, 0) is 63.3 Å². The summed E-state index contributed by atoms with van der Waals surface area (Å²) in [6, 6.07) is 5.12. The first-order valence-corrected chi connectivity index (χ1v) is 6.23. The van der Waals surface area contributed by atoms with Gasteiger partial charge in [0.05, 0.1) is 0 Å². The van der Waals surface area contributed by atoms with E-state index in [1.165, 1.54) is 42.6 Å². The van der Waals surface area contributed by atoms with Gasteiger partial charge >= 0.3 is 0 Å². The fourth-order valence-corrected chi connectivity index (χ4v) is 2.60. The normalized spacial score (nSPS) is 21.2. The molecule has 1 unspecified atom stereocenters. The van der Waals surface area contributed by atoms with Crippen molar-refractivity contribution >= 4 is 11.4 Å². The molecule has 1 saturated heterocycles. The van der Waals surface area contributed by atoms with E-state index in [0.717, 1.165) is 5.69 Å². The molecule has 1 aromatic carbocycles. The maximum atomic E-state index is 6.00. The molecule has 1 aliphatic rings. The number of hydrogen-bond donors (Lipinski definition) is 1. The van der Waals surface area contributed by atoms with E-state index in [1.54, 1.807) is 0 Å². The fourth-order valence-electron chi connectivity index (χ4n) is 2.60. The largest absolute Gasteiger partial charge is 0.398 e. The van der Waals surface area contributed by atoms with E-state index in [1.807, 2.05) is 0 Å². The van der Waals surface area contributed by atoms with Crippen molar-refractivity contribution in [2.24, 2.45) is 0 Å². The number of piperidine rings is 1. The summed E-state index contributed by atoms with van der Waals surface area (Å²) in [5.41, 5.74) is 10.7. The van der Waals surface area contributed by atoms with Crippen LogP contribution >= 0.6 is 0 Å². The van der Waals surface area contributed by atoms with E-state index in [9.17, 15) is 0 Å². The van der Waals surface area contributed by atoms with Crippen molar-refractivity contribution in [3.8, 4) is 0 Å². The lowest BCUT2D eigenvalue weighted by molar-refractivity contribution is 0.485. The van der Waals surface area contributed by atoms with Gasteiger partial charge < -0.3 is 10.6 Å². The number of rotatable bonds is 1. The molecule has 2 heteroatoms. The van der Waals surface area contributed by atoms with Gasteiger partial charge in [-0.2, -0.15) is 0 Å². The molecule has 2 rings (SSSR count). The minimum atomic E-state index is 0.663. The molecule has 0 amide bonds. The Kier molecular flexibility index (Phi) is 3.08. The van der Waals surface area contributed by atoms with Gasteiger partial charge in [-0.15, -0.1) is 0 Å². The van der Waals surface area contributed by atoms with Gasteiger partial charge in [0.1, 0.15) is 0 Å². The number of hydrogen-bond acceptors (Lipinski definition) is 2. The van der Waals surface area contributed by atoms with Gasteiger partial charge in [-0.3, -0.25) is 0 Å². The molecule has 0 aliphatic carbocycles. The van der Waals surface area contributed by atoms with Gasteiger partial charge in [-0.1, -0.05) is 0 Å². The molecular formula is C14H22N2. The Hall–Kier alpha value is -1.18. The van der Waals surface area contributed by atoms with Crippen LogP contribution in [0.2, 0.25) is 0 Å². The molecule has 0 bridgehead atoms. The van der Waals surface area contributed by atoms with Crippen LogP contribution < -0.4 is 10.6 Å². The summed E-state index contributed by atoms with van der Waals surface area (Å²) in [6.45, 7) is 7.70. The van der Waals surface area contributed by atoms with Crippen LogP contribution in [0.15, 0.2) is 12.1 Å². The molecule has 0 aromatic heterocycles. The maximum absolute atomic E-state index is 6.00. The smallest absolute Gasteiger partial charge is 0.0375 e. The van der Waals surface area contributed by atoms with Crippen molar-refractivity contribution in [3.05, 3.63) is 23.3 Å². The van der Waals surface area contributed by atoms with Crippen LogP contribution in [-0.4, -0.2) is 12.6 Å². The predicted octanol–water partition coefficient (Wildman–Crippen LogP) is 3.26. The summed E-state index contributed by atoms with van der Waals surface area (Å²) < 4.78 is 0. The molecule has 1 fully saturated rings. The lowest BCUT2D eigenvalue weighted by Crippen LogP contribution is -2.37. The molecule has 1 atom stereocenters. The molecular weight excluding hydrogens is 196 g/mol. The molecule has 16 heavy (non-hydrogen) atoms. The highest BCUT2D eigenvalue weighted by Crippen LogP contribution is 2.29. The van der Waals surface area contributed by atoms with Crippen LogP contribution in [0, 0.1) is 13.8 Å². The Balaban J connectivity index is 2.32. The summed E-state index contributed by atoms with van der Waals surface area (Å²) in [7, 11) is 0. The van der Waals surface area contributed by atoms with E-state index < -0.39 is 0 Å². The average molecular weight is 218 g/mol. The van der Waals surface area contributed by atoms with E-state index in [2.05, 4.69) is 37.8 Å². The summed E-state index contributed by atoms with van der Waals surface area (Å²) in [6.07, 6.45) is 3.99. The molecule has 1 aliphatic heterocycles. The standard InChI is InChI=1S/C14H22N2/c1-10-8-13(9-11(2)14(10)15)16-7-5-4-6-12(16)3/h8-9,12H,4-7,15H2,1-3H3. The van der Waals surface area contributed by atoms with Crippen LogP contribution in [0.25, 0.3) is 0 Å². The number of aryl methyl sites for hydroxylation is 2. The molecule has 0 spiro atoms. The number of nitrogen functional groups attached to an aromatic ring is 1. The summed E-state index contributed by atoms with van der Waals surface area (Å²) in [4.78, 5) is 2.52. The SMILES string of the molecule is Cc1cc(N2CCCCC2C)cc(C)c1N. The second-order valence-corrected chi connectivity index (χ2v) is 5.03. The van der Waals surface area contributed by atoms with Gasteiger partial charge in [-0.25, -0.2) is 0 Å². The van der Waals surface area contributed by atoms with Crippen LogP contribution in [0.1, 0.15) is 37.3 Å². The Morgan fingerprint density at radius 2 is 1.81 bits per heavy atom. The minimum absolute atomic E-state index is 0.663. The van der Waals surface area contributed by atoms with Crippen molar-refractivity contribution in [1.82, 2.24) is 0 Å². The second-order valence-electron chi connectivity index (χ2n) is 5.03. The quantitative estimate of drug-likeness (QED) is 0.733. The zero-order valence-corrected chi connectivity index (χ0v) is 10.6. The lowest BCUT2D eigenvalue weighted by Gasteiger charge is -2.36. The highest BCUT2D eigenvalue weighted by atomic mass is 15.2. The van der Waals surface area contributed by atoms with Crippen molar-refractivity contribution in [1.29, 1.82) is 0 Å². The summed E-state index contributed by atoms with van der Waals surface area (Å²) >= 11 is 0. The number of anilines is 2. The predicted molar refractivity (Wildman–Crippen MR) is 71.0 cm³/mol. The van der Waals surface area contributed by atoms with Crippen LogP contribution in [-0.2, 0) is 0 Å². The molecule has 88 valence electrons. The van der Waals surface area contributed by atoms with Gasteiger partial charge in [0.2, 0.25) is 0 Å². The number of nitrogens with two attached hydrogens (primary N) is 1. The third-order valence-electron chi connectivity index (χ3n) is 3.71. The third-order valence-corrected chi connectivity index (χ3v) is 3.71. The molecule has 1 aromatic rings. The first-order chi connectivity index (χ1) is 7.59. The van der Waals surface area contributed by atoms with Crippen molar-refractivity contribution < 1.29 is 0 Å². The van der Waals surface area contributed by atoms with Crippen LogP contribution in [0.4, 0.5) is 11.4 Å². The van der Waals surface area contributed by atoms with Gasteiger partial charge in [0.25, 0.3) is 0 Å². The van der Waals surface area contributed by atoms with Gasteiger partial charge in [0.15, 0.2) is 0 Å². The monoisotopic (exact) mass is 218 g/mol. The fraction of sp³-hybridized carbons (Fsp3) is 0.571. The van der Waals surface area contributed by atoms with Gasteiger partial charge in [0, 0.05) is 24.0 Å². The van der Waals surface area contributed by atoms with Crippen molar-refractivity contribution in [2.75, 3.05) is 17.2 Å². The van der Waals surface area contributed by atoms with E-state index >= 15 is 0 Å². The average Bonchev–Trinajstić information content (AvgIpc) is 2.26. The van der Waals surface area contributed by atoms with Crippen LogP contribution in [0.3, 0.4) is 0 Å². The molecule has 0 saturated carbocycles. The first kappa shape index (κ1) is 11.3. The van der Waals surface area contributed by atoms with E-state index in [4.69, 9.17) is 5.73 Å².